The van der Waals surface area contributed by atoms with Gasteiger partial charge in [0.1, 0.15) is 10.6 Å². The fourth-order valence-corrected chi connectivity index (χ4v) is 2.23. The molecule has 0 aliphatic carbocycles. The van der Waals surface area contributed by atoms with E-state index in [1.165, 1.54) is 23.9 Å². The summed E-state index contributed by atoms with van der Waals surface area (Å²) in [7, 11) is -2.27. The van der Waals surface area contributed by atoms with Crippen LogP contribution < -0.4 is 10.5 Å². The summed E-state index contributed by atoms with van der Waals surface area (Å²) in [6, 6.07) is 1.10. The third-order valence-corrected chi connectivity index (χ3v) is 3.45. The molecule has 0 bridgehead atoms. The molecule has 1 aromatic heterocycles. The van der Waals surface area contributed by atoms with E-state index in [2.05, 4.69) is 5.32 Å². The number of methoxy groups -OCH3 is 1. The van der Waals surface area contributed by atoms with Gasteiger partial charge < -0.3 is 14.6 Å². The normalized spacial score (nSPS) is 13.3. The number of hydrogen-bond donors (Lipinski definition) is 2. The van der Waals surface area contributed by atoms with E-state index in [0.29, 0.717) is 13.2 Å². The molecule has 8 heteroatoms. The number of nitrogens with one attached hydrogen (secondary N) is 1. The first-order valence-electron chi connectivity index (χ1n) is 5.82. The Morgan fingerprint density at radius 3 is 2.68 bits per heavy atom. The Hall–Kier alpha value is -1.38. The minimum Gasteiger partial charge on any atom is -0.383 e. The van der Waals surface area contributed by atoms with Crippen LogP contribution >= 0.6 is 0 Å². The third-order valence-electron chi connectivity index (χ3n) is 2.57. The summed E-state index contributed by atoms with van der Waals surface area (Å²) >= 11 is 0. The van der Waals surface area contributed by atoms with E-state index in [-0.39, 0.29) is 22.5 Å². The number of nitrogens with two attached hydrogens (primary N) is 1. The van der Waals surface area contributed by atoms with Crippen LogP contribution in [-0.2, 0) is 21.3 Å². The highest BCUT2D eigenvalue weighted by molar-refractivity contribution is 7.89. The SMILES string of the molecule is CCn1cc(S(N)(=O)=O)cc1C(=O)NC(C)COC. The van der Waals surface area contributed by atoms with E-state index in [1.54, 1.807) is 6.92 Å². The zero-order valence-corrected chi connectivity index (χ0v) is 12.0. The molecule has 0 saturated heterocycles. The number of carbonyl (C=O) groups is 1. The molecule has 0 spiro atoms. The molecule has 0 aliphatic heterocycles. The van der Waals surface area contributed by atoms with Crippen LogP contribution in [0.1, 0.15) is 24.3 Å². The molecule has 7 nitrogen and oxygen atoms in total. The van der Waals surface area contributed by atoms with Gasteiger partial charge in [0.05, 0.1) is 6.61 Å². The summed E-state index contributed by atoms with van der Waals surface area (Å²) in [6.07, 6.45) is 1.35. The Bertz CT molecular complexity index is 550. The van der Waals surface area contributed by atoms with E-state index in [1.807, 2.05) is 6.92 Å². The van der Waals surface area contributed by atoms with Gasteiger partial charge in [0.15, 0.2) is 0 Å². The van der Waals surface area contributed by atoms with Crippen LogP contribution in [0.3, 0.4) is 0 Å². The number of hydrogen-bond acceptors (Lipinski definition) is 4. The van der Waals surface area contributed by atoms with Gasteiger partial charge in [-0.25, -0.2) is 13.6 Å². The molecular weight excluding hydrogens is 270 g/mol. The molecule has 1 amide bonds. The lowest BCUT2D eigenvalue weighted by atomic mass is 10.3. The Labute approximate surface area is 112 Å². The first-order chi connectivity index (χ1) is 8.79. The van der Waals surface area contributed by atoms with Crippen molar-refractivity contribution in [3.63, 3.8) is 0 Å². The number of sulfonamides is 1. The number of rotatable bonds is 6. The van der Waals surface area contributed by atoms with Gasteiger partial charge in [0.25, 0.3) is 5.91 Å². The van der Waals surface area contributed by atoms with Gasteiger partial charge in [-0.05, 0) is 19.9 Å². The van der Waals surface area contributed by atoms with Gasteiger partial charge in [-0.15, -0.1) is 0 Å². The summed E-state index contributed by atoms with van der Waals surface area (Å²) in [5.74, 6) is -0.360. The van der Waals surface area contributed by atoms with Crippen LogP contribution in [0.15, 0.2) is 17.2 Å². The lowest BCUT2D eigenvalue weighted by molar-refractivity contribution is 0.0896. The van der Waals surface area contributed by atoms with Crippen molar-refractivity contribution in [2.75, 3.05) is 13.7 Å². The monoisotopic (exact) mass is 289 g/mol. The van der Waals surface area contributed by atoms with Crippen molar-refractivity contribution >= 4 is 15.9 Å². The topological polar surface area (TPSA) is 103 Å². The Morgan fingerprint density at radius 1 is 1.58 bits per heavy atom. The van der Waals surface area contributed by atoms with Gasteiger partial charge in [-0.1, -0.05) is 0 Å². The van der Waals surface area contributed by atoms with E-state index < -0.39 is 10.0 Å². The van der Waals surface area contributed by atoms with E-state index in [4.69, 9.17) is 9.88 Å². The number of nitrogens with zero attached hydrogens (tertiary/aromatic N) is 1. The third kappa shape index (κ3) is 4.05. The number of aryl methyl sites for hydroxylation is 1. The van der Waals surface area contributed by atoms with Crippen LogP contribution in [0.4, 0.5) is 0 Å². The Morgan fingerprint density at radius 2 is 2.21 bits per heavy atom. The maximum absolute atomic E-state index is 12.0. The predicted molar refractivity (Wildman–Crippen MR) is 70.3 cm³/mol. The molecule has 1 atom stereocenters. The highest BCUT2D eigenvalue weighted by Gasteiger charge is 2.19. The van der Waals surface area contributed by atoms with Gasteiger partial charge >= 0.3 is 0 Å². The second kappa shape index (κ2) is 6.18. The summed E-state index contributed by atoms with van der Waals surface area (Å²) in [4.78, 5) is 12.0. The quantitative estimate of drug-likeness (QED) is 0.764. The zero-order chi connectivity index (χ0) is 14.6. The number of primary sulfonamides is 1. The maximum Gasteiger partial charge on any atom is 0.268 e. The number of carbonyl (C=O) groups excluding carboxylic acids is 1. The van der Waals surface area contributed by atoms with Crippen molar-refractivity contribution in [3.05, 3.63) is 18.0 Å². The maximum atomic E-state index is 12.0. The fourth-order valence-electron chi connectivity index (χ4n) is 1.68. The molecule has 1 heterocycles. The van der Waals surface area contributed by atoms with Crippen molar-refractivity contribution in [2.45, 2.75) is 31.3 Å². The fraction of sp³-hybridized carbons (Fsp3) is 0.545. The molecule has 0 aromatic carbocycles. The summed E-state index contributed by atoms with van der Waals surface area (Å²) in [5, 5.41) is 7.77. The average Bonchev–Trinajstić information content (AvgIpc) is 2.72. The number of aromatic nitrogens is 1. The van der Waals surface area contributed by atoms with E-state index in [0.717, 1.165) is 0 Å². The molecule has 1 aromatic rings. The predicted octanol–water partition coefficient (Wildman–Crippen LogP) is -0.0799. The first-order valence-corrected chi connectivity index (χ1v) is 7.37. The molecule has 0 saturated carbocycles. The highest BCUT2D eigenvalue weighted by atomic mass is 32.2. The van der Waals surface area contributed by atoms with Crippen molar-refractivity contribution in [2.24, 2.45) is 5.14 Å². The standard InChI is InChI=1S/C11H19N3O4S/c1-4-14-6-9(19(12,16)17)5-10(14)11(15)13-8(2)7-18-3/h5-6,8H,4,7H2,1-3H3,(H,13,15)(H2,12,16,17). The molecule has 3 N–H and O–H groups in total. The van der Waals surface area contributed by atoms with Crippen LogP contribution in [0.25, 0.3) is 0 Å². The van der Waals surface area contributed by atoms with Gasteiger partial charge in [0.2, 0.25) is 10.0 Å². The van der Waals surface area contributed by atoms with Crippen molar-refractivity contribution in [1.82, 2.24) is 9.88 Å². The smallest absolute Gasteiger partial charge is 0.268 e. The molecule has 0 fully saturated rings. The highest BCUT2D eigenvalue weighted by Crippen LogP contribution is 2.13. The van der Waals surface area contributed by atoms with Gasteiger partial charge in [0, 0.05) is 25.9 Å². The molecule has 19 heavy (non-hydrogen) atoms. The zero-order valence-electron chi connectivity index (χ0n) is 11.2. The molecule has 108 valence electrons. The average molecular weight is 289 g/mol. The number of amides is 1. The van der Waals surface area contributed by atoms with Crippen LogP contribution in [0, 0.1) is 0 Å². The Kier molecular flexibility index (Phi) is 5.10. The summed E-state index contributed by atoms with van der Waals surface area (Å²) in [6.45, 7) is 4.45. The number of ether oxygens (including phenoxy) is 1. The van der Waals surface area contributed by atoms with Crippen LogP contribution in [0.5, 0.6) is 0 Å². The largest absolute Gasteiger partial charge is 0.383 e. The minimum atomic E-state index is -3.81. The Balaban J connectivity index is 2.99. The van der Waals surface area contributed by atoms with Crippen LogP contribution in [0.2, 0.25) is 0 Å². The van der Waals surface area contributed by atoms with Crippen molar-refractivity contribution in [1.29, 1.82) is 0 Å². The first kappa shape index (κ1) is 15.7. The minimum absolute atomic E-state index is 0.0705. The van der Waals surface area contributed by atoms with E-state index >= 15 is 0 Å². The molecule has 1 rings (SSSR count). The van der Waals surface area contributed by atoms with Crippen molar-refractivity contribution < 1.29 is 17.9 Å². The molecule has 1 unspecified atom stereocenters. The molecular formula is C11H19N3O4S. The van der Waals surface area contributed by atoms with E-state index in [9.17, 15) is 13.2 Å². The molecule has 0 radical (unpaired) electrons. The van der Waals surface area contributed by atoms with Gasteiger partial charge in [-0.2, -0.15) is 0 Å². The van der Waals surface area contributed by atoms with Crippen molar-refractivity contribution in [3.8, 4) is 0 Å². The second-order valence-corrected chi connectivity index (χ2v) is 5.78. The summed E-state index contributed by atoms with van der Waals surface area (Å²) < 4.78 is 29.0. The molecule has 0 aliphatic rings. The lowest BCUT2D eigenvalue weighted by Crippen LogP contribution is -2.36. The lowest BCUT2D eigenvalue weighted by Gasteiger charge is -2.13. The summed E-state index contributed by atoms with van der Waals surface area (Å²) in [5.41, 5.74) is 0.259. The van der Waals surface area contributed by atoms with Crippen LogP contribution in [-0.4, -0.2) is 38.7 Å². The van der Waals surface area contributed by atoms with Gasteiger partial charge in [-0.3, -0.25) is 4.79 Å². The second-order valence-electron chi connectivity index (χ2n) is 4.22.